The highest BCUT2D eigenvalue weighted by atomic mass is 32.2. The van der Waals surface area contributed by atoms with Crippen LogP contribution in [0.2, 0.25) is 0 Å². The van der Waals surface area contributed by atoms with E-state index in [9.17, 15) is 13.2 Å². The molecular formula is C8H15NO5S. The van der Waals surface area contributed by atoms with Crippen molar-refractivity contribution in [1.82, 2.24) is 4.31 Å². The zero-order chi connectivity index (χ0) is 11.5. The molecule has 0 aromatic heterocycles. The number of amides is 1. The lowest BCUT2D eigenvalue weighted by molar-refractivity contribution is 0.119. The molecule has 1 rings (SSSR count). The number of carbonyl (C=O) groups is 1. The Morgan fingerprint density at radius 3 is 2.73 bits per heavy atom. The summed E-state index contributed by atoms with van der Waals surface area (Å²) in [4.78, 5) is 11.4. The predicted molar refractivity (Wildman–Crippen MR) is 52.4 cm³/mol. The van der Waals surface area contributed by atoms with Crippen molar-refractivity contribution in [3.63, 3.8) is 0 Å². The zero-order valence-electron chi connectivity index (χ0n) is 8.80. The lowest BCUT2D eigenvalue weighted by atomic mass is 10.4. The minimum atomic E-state index is -3.91. The third-order valence-corrected chi connectivity index (χ3v) is 3.43. The summed E-state index contributed by atoms with van der Waals surface area (Å²) in [6.07, 6.45) is 0.745. The van der Waals surface area contributed by atoms with Crippen molar-refractivity contribution < 1.29 is 22.1 Å². The van der Waals surface area contributed by atoms with Gasteiger partial charge in [0.25, 0.3) is 0 Å². The summed E-state index contributed by atoms with van der Waals surface area (Å²) < 4.78 is 32.4. The van der Waals surface area contributed by atoms with Gasteiger partial charge in [0.2, 0.25) is 0 Å². The van der Waals surface area contributed by atoms with Crippen LogP contribution in [0.5, 0.6) is 0 Å². The molecule has 0 aliphatic carbocycles. The van der Waals surface area contributed by atoms with Gasteiger partial charge in [-0.25, -0.2) is 4.79 Å². The van der Waals surface area contributed by atoms with Crippen LogP contribution in [0.15, 0.2) is 0 Å². The lowest BCUT2D eigenvalue weighted by Crippen LogP contribution is -2.38. The maximum Gasteiger partial charge on any atom is 0.425 e. The minimum absolute atomic E-state index is 0.00872. The van der Waals surface area contributed by atoms with E-state index in [0.29, 0.717) is 4.31 Å². The van der Waals surface area contributed by atoms with Crippen molar-refractivity contribution in [2.24, 2.45) is 0 Å². The maximum absolute atomic E-state index is 11.4. The maximum atomic E-state index is 11.4. The van der Waals surface area contributed by atoms with Crippen LogP contribution in [0.3, 0.4) is 0 Å². The van der Waals surface area contributed by atoms with Gasteiger partial charge >= 0.3 is 16.4 Å². The Kier molecular flexibility index (Phi) is 3.92. The SMILES string of the molecule is CCCCOC(=O)N1[C@H](C)COS1(=O)=O. The third kappa shape index (κ3) is 2.82. The van der Waals surface area contributed by atoms with Gasteiger partial charge in [-0.1, -0.05) is 13.3 Å². The Hall–Kier alpha value is -0.820. The predicted octanol–water partition coefficient (Wildman–Crippen LogP) is 0.889. The molecular weight excluding hydrogens is 222 g/mol. The minimum Gasteiger partial charge on any atom is -0.449 e. The number of hydrogen-bond acceptors (Lipinski definition) is 5. The Morgan fingerprint density at radius 1 is 1.60 bits per heavy atom. The Labute approximate surface area is 89.4 Å². The van der Waals surface area contributed by atoms with Crippen LogP contribution in [0.1, 0.15) is 26.7 Å². The topological polar surface area (TPSA) is 72.9 Å². The molecule has 1 fully saturated rings. The van der Waals surface area contributed by atoms with Crippen LogP contribution in [0.4, 0.5) is 4.79 Å². The first-order valence-electron chi connectivity index (χ1n) is 4.84. The highest BCUT2D eigenvalue weighted by molar-refractivity contribution is 7.85. The molecule has 6 nitrogen and oxygen atoms in total. The first-order valence-corrected chi connectivity index (χ1v) is 6.21. The molecule has 0 unspecified atom stereocenters. The molecule has 7 heteroatoms. The van der Waals surface area contributed by atoms with Gasteiger partial charge in [-0.05, 0) is 13.3 Å². The molecule has 1 saturated heterocycles. The van der Waals surface area contributed by atoms with Gasteiger partial charge in [0.1, 0.15) is 0 Å². The molecule has 0 N–H and O–H groups in total. The zero-order valence-corrected chi connectivity index (χ0v) is 9.62. The molecule has 0 aromatic carbocycles. The van der Waals surface area contributed by atoms with Crippen molar-refractivity contribution in [2.45, 2.75) is 32.7 Å². The van der Waals surface area contributed by atoms with Crippen LogP contribution in [-0.2, 0) is 19.2 Å². The third-order valence-electron chi connectivity index (χ3n) is 2.00. The van der Waals surface area contributed by atoms with Gasteiger partial charge in [-0.2, -0.15) is 12.7 Å². The van der Waals surface area contributed by atoms with Crippen molar-refractivity contribution in [1.29, 1.82) is 0 Å². The summed E-state index contributed by atoms with van der Waals surface area (Å²) in [6.45, 7) is 3.76. The summed E-state index contributed by atoms with van der Waals surface area (Å²) in [5.74, 6) is 0. The van der Waals surface area contributed by atoms with E-state index >= 15 is 0 Å². The summed E-state index contributed by atoms with van der Waals surface area (Å²) in [5.41, 5.74) is 0. The fraction of sp³-hybridized carbons (Fsp3) is 0.875. The molecule has 0 spiro atoms. The van der Waals surface area contributed by atoms with E-state index < -0.39 is 22.4 Å². The van der Waals surface area contributed by atoms with Crippen LogP contribution in [0.25, 0.3) is 0 Å². The van der Waals surface area contributed by atoms with E-state index in [1.165, 1.54) is 0 Å². The molecule has 0 saturated carbocycles. The highest BCUT2D eigenvalue weighted by Crippen LogP contribution is 2.19. The summed E-state index contributed by atoms with van der Waals surface area (Å²) >= 11 is 0. The number of unbranched alkanes of at least 4 members (excludes halogenated alkanes) is 1. The summed E-state index contributed by atoms with van der Waals surface area (Å²) in [5, 5.41) is 0. The summed E-state index contributed by atoms with van der Waals surface area (Å²) in [6, 6.07) is -0.496. The Balaban J connectivity index is 2.58. The lowest BCUT2D eigenvalue weighted by Gasteiger charge is -2.16. The van der Waals surface area contributed by atoms with E-state index in [2.05, 4.69) is 4.18 Å². The largest absolute Gasteiger partial charge is 0.449 e. The number of carbonyl (C=O) groups excluding carboxylic acids is 1. The second-order valence-corrected chi connectivity index (χ2v) is 4.84. The highest BCUT2D eigenvalue weighted by Gasteiger charge is 2.41. The summed E-state index contributed by atoms with van der Waals surface area (Å²) in [7, 11) is -3.91. The number of hydrogen-bond donors (Lipinski definition) is 0. The van der Waals surface area contributed by atoms with Crippen molar-refractivity contribution in [3.05, 3.63) is 0 Å². The van der Waals surface area contributed by atoms with E-state index in [1.54, 1.807) is 6.92 Å². The molecule has 1 aliphatic heterocycles. The van der Waals surface area contributed by atoms with E-state index in [4.69, 9.17) is 4.74 Å². The second-order valence-electron chi connectivity index (χ2n) is 3.35. The van der Waals surface area contributed by atoms with Crippen molar-refractivity contribution in [3.8, 4) is 0 Å². The molecule has 88 valence electrons. The van der Waals surface area contributed by atoms with E-state index in [0.717, 1.165) is 12.8 Å². The van der Waals surface area contributed by atoms with Gasteiger partial charge in [-0.15, -0.1) is 0 Å². The normalized spacial score (nSPS) is 24.1. The Morgan fingerprint density at radius 2 is 2.27 bits per heavy atom. The first kappa shape index (κ1) is 12.3. The smallest absolute Gasteiger partial charge is 0.425 e. The average molecular weight is 237 g/mol. The van der Waals surface area contributed by atoms with Crippen LogP contribution < -0.4 is 0 Å². The quantitative estimate of drug-likeness (QED) is 0.681. The fourth-order valence-electron chi connectivity index (χ4n) is 1.17. The number of ether oxygens (including phenoxy) is 1. The van der Waals surface area contributed by atoms with Crippen LogP contribution in [-0.4, -0.2) is 38.1 Å². The molecule has 1 aliphatic rings. The number of nitrogens with zero attached hydrogens (tertiary/aromatic N) is 1. The Bertz CT molecular complexity index is 326. The van der Waals surface area contributed by atoms with Gasteiger partial charge in [0.05, 0.1) is 19.3 Å². The molecule has 0 radical (unpaired) electrons. The van der Waals surface area contributed by atoms with Crippen LogP contribution >= 0.6 is 0 Å². The molecule has 15 heavy (non-hydrogen) atoms. The molecule has 1 atom stereocenters. The molecule has 0 bridgehead atoms. The first-order chi connectivity index (χ1) is 6.99. The molecule has 1 amide bonds. The standard InChI is InChI=1S/C8H15NO5S/c1-3-4-5-13-8(10)9-7(2)6-14-15(9,11)12/h7H,3-6H2,1-2H3/t7-/m1/s1. The van der Waals surface area contributed by atoms with Crippen molar-refractivity contribution in [2.75, 3.05) is 13.2 Å². The average Bonchev–Trinajstić information content (AvgIpc) is 2.41. The number of rotatable bonds is 3. The monoisotopic (exact) mass is 237 g/mol. The van der Waals surface area contributed by atoms with Gasteiger partial charge < -0.3 is 4.74 Å². The van der Waals surface area contributed by atoms with E-state index in [-0.39, 0.29) is 13.2 Å². The molecule has 0 aromatic rings. The second kappa shape index (κ2) is 4.80. The molecule has 1 heterocycles. The van der Waals surface area contributed by atoms with Crippen LogP contribution in [0, 0.1) is 0 Å². The fourth-order valence-corrected chi connectivity index (χ4v) is 2.39. The van der Waals surface area contributed by atoms with E-state index in [1.807, 2.05) is 6.92 Å². The van der Waals surface area contributed by atoms with Crippen molar-refractivity contribution >= 4 is 16.4 Å². The van der Waals surface area contributed by atoms with Gasteiger partial charge in [0.15, 0.2) is 0 Å². The van der Waals surface area contributed by atoms with Gasteiger partial charge in [0, 0.05) is 0 Å². The van der Waals surface area contributed by atoms with Gasteiger partial charge in [-0.3, -0.25) is 4.18 Å².